The topological polar surface area (TPSA) is 47.3 Å². The van der Waals surface area contributed by atoms with Crippen LogP contribution in [0.5, 0.6) is 0 Å². The Morgan fingerprint density at radius 2 is 2.24 bits per heavy atom. The van der Waals surface area contributed by atoms with Gasteiger partial charge in [-0.15, -0.1) is 0 Å². The Morgan fingerprint density at radius 3 is 2.94 bits per heavy atom. The fraction of sp³-hybridized carbons (Fsp3) is 0.250. The first-order valence-electron chi connectivity index (χ1n) is 5.23. The maximum Gasteiger partial charge on any atom is 0.129 e. The van der Waals surface area contributed by atoms with E-state index in [1.807, 2.05) is 25.2 Å². The molecule has 2 aromatic heterocycles. The summed E-state index contributed by atoms with van der Waals surface area (Å²) in [4.78, 5) is 4.31. The largest absolute Gasteiger partial charge is 0.467 e. The lowest BCUT2D eigenvalue weighted by Crippen LogP contribution is -2.00. The van der Waals surface area contributed by atoms with Crippen LogP contribution in [0, 0.1) is 0 Å². The maximum absolute atomic E-state index is 6.02. The SMILES string of the molecule is CNc1ccc(Cl)c(COCc2ccco2)n1. The highest BCUT2D eigenvalue weighted by Crippen LogP contribution is 2.17. The molecule has 0 spiro atoms. The fourth-order valence-corrected chi connectivity index (χ4v) is 1.53. The zero-order valence-electron chi connectivity index (χ0n) is 9.44. The van der Waals surface area contributed by atoms with Crippen molar-refractivity contribution in [1.29, 1.82) is 0 Å². The van der Waals surface area contributed by atoms with Crippen LogP contribution in [0.1, 0.15) is 11.5 Å². The second-order valence-corrected chi connectivity index (χ2v) is 3.85. The molecule has 0 radical (unpaired) electrons. The normalized spacial score (nSPS) is 10.5. The van der Waals surface area contributed by atoms with Crippen molar-refractivity contribution in [3.05, 3.63) is 47.0 Å². The number of furan rings is 1. The Kier molecular flexibility index (Phi) is 4.01. The lowest BCUT2D eigenvalue weighted by atomic mass is 10.3. The molecule has 0 fully saturated rings. The van der Waals surface area contributed by atoms with Gasteiger partial charge in [-0.3, -0.25) is 0 Å². The molecule has 0 bridgehead atoms. The predicted octanol–water partition coefficient (Wildman–Crippen LogP) is 3.09. The molecule has 0 amide bonds. The van der Waals surface area contributed by atoms with Gasteiger partial charge in [-0.25, -0.2) is 4.98 Å². The van der Waals surface area contributed by atoms with Crippen molar-refractivity contribution in [2.24, 2.45) is 0 Å². The first-order chi connectivity index (χ1) is 8.29. The van der Waals surface area contributed by atoms with Crippen LogP contribution in [-0.4, -0.2) is 12.0 Å². The highest BCUT2D eigenvalue weighted by molar-refractivity contribution is 6.31. The highest BCUT2D eigenvalue weighted by Gasteiger charge is 2.04. The summed E-state index contributed by atoms with van der Waals surface area (Å²) in [6.07, 6.45) is 1.62. The number of ether oxygens (including phenoxy) is 1. The van der Waals surface area contributed by atoms with Crippen molar-refractivity contribution in [1.82, 2.24) is 4.98 Å². The molecule has 2 heterocycles. The molecular weight excluding hydrogens is 240 g/mol. The summed E-state index contributed by atoms with van der Waals surface area (Å²) in [5, 5.41) is 3.56. The Hall–Kier alpha value is -1.52. The molecule has 4 nitrogen and oxygen atoms in total. The standard InChI is InChI=1S/C12H13ClN2O2/c1-14-12-5-4-10(13)11(15-12)8-16-7-9-3-2-6-17-9/h2-6H,7-8H2,1H3,(H,14,15). The quantitative estimate of drug-likeness (QED) is 0.888. The van der Waals surface area contributed by atoms with Crippen molar-refractivity contribution >= 4 is 17.4 Å². The van der Waals surface area contributed by atoms with Crippen LogP contribution in [-0.2, 0) is 18.0 Å². The van der Waals surface area contributed by atoms with Gasteiger partial charge in [0, 0.05) is 7.05 Å². The molecular formula is C12H13ClN2O2. The Bertz CT molecular complexity index is 471. The molecule has 2 aromatic rings. The van der Waals surface area contributed by atoms with E-state index < -0.39 is 0 Å². The van der Waals surface area contributed by atoms with E-state index in [4.69, 9.17) is 20.8 Å². The van der Waals surface area contributed by atoms with Crippen molar-refractivity contribution < 1.29 is 9.15 Å². The van der Waals surface area contributed by atoms with E-state index in [2.05, 4.69) is 10.3 Å². The third-order valence-corrected chi connectivity index (χ3v) is 2.58. The third kappa shape index (κ3) is 3.22. The first-order valence-corrected chi connectivity index (χ1v) is 5.60. The molecule has 0 aliphatic heterocycles. The predicted molar refractivity (Wildman–Crippen MR) is 66.0 cm³/mol. The van der Waals surface area contributed by atoms with Crippen LogP contribution >= 0.6 is 11.6 Å². The number of hydrogen-bond donors (Lipinski definition) is 1. The Balaban J connectivity index is 1.94. The van der Waals surface area contributed by atoms with Gasteiger partial charge in [-0.05, 0) is 24.3 Å². The van der Waals surface area contributed by atoms with E-state index in [0.717, 1.165) is 11.6 Å². The molecule has 0 aliphatic rings. The minimum atomic E-state index is 0.356. The number of nitrogens with one attached hydrogen (secondary N) is 1. The minimum absolute atomic E-state index is 0.356. The second kappa shape index (κ2) is 5.70. The molecule has 2 rings (SSSR count). The number of aromatic nitrogens is 1. The molecule has 0 aromatic carbocycles. The highest BCUT2D eigenvalue weighted by atomic mass is 35.5. The summed E-state index contributed by atoms with van der Waals surface area (Å²) in [6.45, 7) is 0.768. The summed E-state index contributed by atoms with van der Waals surface area (Å²) in [5.74, 6) is 1.55. The van der Waals surface area contributed by atoms with Gasteiger partial charge < -0.3 is 14.5 Å². The van der Waals surface area contributed by atoms with Gasteiger partial charge in [0.2, 0.25) is 0 Å². The number of pyridine rings is 1. The van der Waals surface area contributed by atoms with Crippen LogP contribution in [0.2, 0.25) is 5.02 Å². The molecule has 90 valence electrons. The molecule has 1 N–H and O–H groups in total. The zero-order valence-corrected chi connectivity index (χ0v) is 10.2. The summed E-state index contributed by atoms with van der Waals surface area (Å²) in [7, 11) is 1.81. The van der Waals surface area contributed by atoms with Gasteiger partial charge in [0.1, 0.15) is 18.2 Å². The van der Waals surface area contributed by atoms with Gasteiger partial charge >= 0.3 is 0 Å². The molecule has 17 heavy (non-hydrogen) atoms. The van der Waals surface area contributed by atoms with Crippen LogP contribution in [0.3, 0.4) is 0 Å². The molecule has 0 aliphatic carbocycles. The summed E-state index contributed by atoms with van der Waals surface area (Å²) >= 11 is 6.02. The number of hydrogen-bond acceptors (Lipinski definition) is 4. The van der Waals surface area contributed by atoms with Gasteiger partial charge in [-0.1, -0.05) is 11.6 Å². The molecule has 5 heteroatoms. The van der Waals surface area contributed by atoms with E-state index in [1.165, 1.54) is 0 Å². The summed E-state index contributed by atoms with van der Waals surface area (Å²) in [5.41, 5.74) is 0.713. The van der Waals surface area contributed by atoms with E-state index in [-0.39, 0.29) is 0 Å². The zero-order chi connectivity index (χ0) is 12.1. The van der Waals surface area contributed by atoms with Gasteiger partial charge in [0.15, 0.2) is 0 Å². The summed E-state index contributed by atoms with van der Waals surface area (Å²) < 4.78 is 10.6. The van der Waals surface area contributed by atoms with Crippen LogP contribution in [0.4, 0.5) is 5.82 Å². The van der Waals surface area contributed by atoms with Crippen LogP contribution < -0.4 is 5.32 Å². The van der Waals surface area contributed by atoms with Gasteiger partial charge in [-0.2, -0.15) is 0 Å². The van der Waals surface area contributed by atoms with Gasteiger partial charge in [0.05, 0.1) is 23.6 Å². The Labute approximate surface area is 105 Å². The average Bonchev–Trinajstić information content (AvgIpc) is 2.84. The first kappa shape index (κ1) is 12.0. The van der Waals surface area contributed by atoms with Crippen molar-refractivity contribution in [3.8, 4) is 0 Å². The third-order valence-electron chi connectivity index (χ3n) is 2.24. The lowest BCUT2D eigenvalue weighted by molar-refractivity contribution is 0.0908. The van der Waals surface area contributed by atoms with Crippen LogP contribution in [0.25, 0.3) is 0 Å². The molecule has 0 saturated heterocycles. The fourth-order valence-electron chi connectivity index (χ4n) is 1.37. The van der Waals surface area contributed by atoms with Gasteiger partial charge in [0.25, 0.3) is 0 Å². The van der Waals surface area contributed by atoms with E-state index in [9.17, 15) is 0 Å². The minimum Gasteiger partial charge on any atom is -0.467 e. The van der Waals surface area contributed by atoms with Crippen molar-refractivity contribution in [3.63, 3.8) is 0 Å². The Morgan fingerprint density at radius 1 is 1.35 bits per heavy atom. The monoisotopic (exact) mass is 252 g/mol. The van der Waals surface area contributed by atoms with Crippen molar-refractivity contribution in [2.45, 2.75) is 13.2 Å². The smallest absolute Gasteiger partial charge is 0.129 e. The number of rotatable bonds is 5. The van der Waals surface area contributed by atoms with Crippen molar-refractivity contribution in [2.75, 3.05) is 12.4 Å². The second-order valence-electron chi connectivity index (χ2n) is 3.45. The number of halogens is 1. The van der Waals surface area contributed by atoms with E-state index in [1.54, 1.807) is 12.3 Å². The maximum atomic E-state index is 6.02. The van der Waals surface area contributed by atoms with Crippen LogP contribution in [0.15, 0.2) is 34.9 Å². The molecule has 0 atom stereocenters. The summed E-state index contributed by atoms with van der Waals surface area (Å²) in [6, 6.07) is 7.30. The molecule has 0 unspecified atom stereocenters. The van der Waals surface area contributed by atoms with E-state index in [0.29, 0.717) is 23.9 Å². The molecule has 0 saturated carbocycles. The lowest BCUT2D eigenvalue weighted by Gasteiger charge is -2.06. The number of anilines is 1. The average molecular weight is 253 g/mol. The van der Waals surface area contributed by atoms with E-state index >= 15 is 0 Å². The number of nitrogens with zero attached hydrogens (tertiary/aromatic N) is 1.